The molecule has 1 aliphatic rings. The van der Waals surface area contributed by atoms with E-state index in [0.29, 0.717) is 0 Å². The van der Waals surface area contributed by atoms with Crippen LogP contribution in [0, 0.1) is 6.92 Å². The van der Waals surface area contributed by atoms with Gasteiger partial charge in [0.05, 0.1) is 0 Å². The predicted molar refractivity (Wildman–Crippen MR) is 114 cm³/mol. The molecule has 2 aromatic carbocycles. The van der Waals surface area contributed by atoms with Gasteiger partial charge in [-0.3, -0.25) is 4.90 Å². The topological polar surface area (TPSA) is 44.3 Å². The van der Waals surface area contributed by atoms with Crippen LogP contribution >= 0.6 is 0 Å². The summed E-state index contributed by atoms with van der Waals surface area (Å²) in [7, 11) is 0. The smallest absolute Gasteiger partial charge is 0.134 e. The molecule has 0 atom stereocenters. The quantitative estimate of drug-likeness (QED) is 0.713. The van der Waals surface area contributed by atoms with Crippen molar-refractivity contribution in [1.29, 1.82) is 0 Å². The van der Waals surface area contributed by atoms with Gasteiger partial charge < -0.3 is 10.2 Å². The van der Waals surface area contributed by atoms with Crippen molar-refractivity contribution in [3.63, 3.8) is 0 Å². The SMILES string of the molecule is Cc1nc(NCc2ccccc2)cc(N2CCN(Cc3ccccc3)CC2)n1. The first-order valence-electron chi connectivity index (χ1n) is 9.91. The molecule has 144 valence electrons. The van der Waals surface area contributed by atoms with E-state index in [4.69, 9.17) is 0 Å². The molecule has 1 fully saturated rings. The van der Waals surface area contributed by atoms with Gasteiger partial charge in [-0.15, -0.1) is 0 Å². The number of hydrogen-bond acceptors (Lipinski definition) is 5. The molecule has 5 heteroatoms. The number of hydrogen-bond donors (Lipinski definition) is 1. The van der Waals surface area contributed by atoms with Crippen LogP contribution in [0.25, 0.3) is 0 Å². The largest absolute Gasteiger partial charge is 0.366 e. The number of anilines is 2. The summed E-state index contributed by atoms with van der Waals surface area (Å²) in [5.41, 5.74) is 2.62. The highest BCUT2D eigenvalue weighted by Gasteiger charge is 2.19. The number of benzene rings is 2. The molecule has 0 radical (unpaired) electrons. The van der Waals surface area contributed by atoms with Gasteiger partial charge in [0, 0.05) is 45.3 Å². The van der Waals surface area contributed by atoms with E-state index >= 15 is 0 Å². The van der Waals surface area contributed by atoms with Crippen LogP contribution in [0.4, 0.5) is 11.6 Å². The molecule has 2 heterocycles. The van der Waals surface area contributed by atoms with Crippen LogP contribution in [0.5, 0.6) is 0 Å². The van der Waals surface area contributed by atoms with Crippen molar-refractivity contribution in [2.24, 2.45) is 0 Å². The fourth-order valence-corrected chi connectivity index (χ4v) is 3.57. The van der Waals surface area contributed by atoms with Gasteiger partial charge in [0.25, 0.3) is 0 Å². The fourth-order valence-electron chi connectivity index (χ4n) is 3.57. The summed E-state index contributed by atoms with van der Waals surface area (Å²) in [6, 6.07) is 23.2. The Hall–Kier alpha value is -2.92. The summed E-state index contributed by atoms with van der Waals surface area (Å²) >= 11 is 0. The molecule has 3 aromatic rings. The number of piperazine rings is 1. The van der Waals surface area contributed by atoms with E-state index in [1.165, 1.54) is 11.1 Å². The molecular weight excluding hydrogens is 346 g/mol. The molecule has 0 bridgehead atoms. The summed E-state index contributed by atoms with van der Waals surface area (Å²) in [5.74, 6) is 2.71. The second-order valence-corrected chi connectivity index (χ2v) is 7.25. The third-order valence-corrected chi connectivity index (χ3v) is 5.09. The maximum absolute atomic E-state index is 4.68. The minimum atomic E-state index is 0.765. The van der Waals surface area contributed by atoms with Crippen molar-refractivity contribution in [2.45, 2.75) is 20.0 Å². The predicted octanol–water partition coefficient (Wildman–Crippen LogP) is 3.72. The minimum absolute atomic E-state index is 0.765. The monoisotopic (exact) mass is 373 g/mol. The third kappa shape index (κ3) is 4.87. The van der Waals surface area contributed by atoms with E-state index in [2.05, 4.69) is 85.7 Å². The van der Waals surface area contributed by atoms with Crippen LogP contribution in [0.2, 0.25) is 0 Å². The number of rotatable bonds is 6. The summed E-state index contributed by atoms with van der Waals surface area (Å²) < 4.78 is 0. The van der Waals surface area contributed by atoms with E-state index in [-0.39, 0.29) is 0 Å². The lowest BCUT2D eigenvalue weighted by Gasteiger charge is -2.35. The molecule has 0 amide bonds. The lowest BCUT2D eigenvalue weighted by atomic mass is 10.2. The maximum Gasteiger partial charge on any atom is 0.134 e. The van der Waals surface area contributed by atoms with Crippen LogP contribution in [0.15, 0.2) is 66.7 Å². The second-order valence-electron chi connectivity index (χ2n) is 7.25. The van der Waals surface area contributed by atoms with Gasteiger partial charge in [-0.25, -0.2) is 9.97 Å². The normalized spacial score (nSPS) is 14.8. The zero-order valence-electron chi connectivity index (χ0n) is 16.4. The number of aromatic nitrogens is 2. The van der Waals surface area contributed by atoms with E-state index in [1.807, 2.05) is 13.0 Å². The Morgan fingerprint density at radius 2 is 1.46 bits per heavy atom. The lowest BCUT2D eigenvalue weighted by Crippen LogP contribution is -2.46. The molecule has 4 rings (SSSR count). The highest BCUT2D eigenvalue weighted by atomic mass is 15.3. The van der Waals surface area contributed by atoms with Crippen LogP contribution < -0.4 is 10.2 Å². The Balaban J connectivity index is 1.36. The van der Waals surface area contributed by atoms with Crippen LogP contribution in [-0.4, -0.2) is 41.0 Å². The highest BCUT2D eigenvalue weighted by molar-refractivity contribution is 5.50. The highest BCUT2D eigenvalue weighted by Crippen LogP contribution is 2.19. The first-order valence-corrected chi connectivity index (χ1v) is 9.91. The second kappa shape index (κ2) is 8.85. The molecule has 1 saturated heterocycles. The molecule has 28 heavy (non-hydrogen) atoms. The number of nitrogens with zero attached hydrogens (tertiary/aromatic N) is 4. The Labute approximate surface area is 167 Å². The average molecular weight is 374 g/mol. The first-order chi connectivity index (χ1) is 13.8. The molecular formula is C23H27N5. The average Bonchev–Trinajstić information content (AvgIpc) is 2.74. The summed E-state index contributed by atoms with van der Waals surface area (Å²) in [5, 5.41) is 3.43. The summed E-state index contributed by atoms with van der Waals surface area (Å²) in [6.45, 7) is 7.81. The summed E-state index contributed by atoms with van der Waals surface area (Å²) in [4.78, 5) is 14.1. The van der Waals surface area contributed by atoms with Gasteiger partial charge in [-0.1, -0.05) is 60.7 Å². The Bertz CT molecular complexity index is 874. The van der Waals surface area contributed by atoms with Crippen molar-refractivity contribution < 1.29 is 0 Å². The zero-order chi connectivity index (χ0) is 19.2. The van der Waals surface area contributed by atoms with Gasteiger partial charge in [-0.05, 0) is 18.1 Å². The van der Waals surface area contributed by atoms with Crippen molar-refractivity contribution >= 4 is 11.6 Å². The molecule has 1 aromatic heterocycles. The zero-order valence-corrected chi connectivity index (χ0v) is 16.4. The van der Waals surface area contributed by atoms with Gasteiger partial charge >= 0.3 is 0 Å². The fraction of sp³-hybridized carbons (Fsp3) is 0.304. The van der Waals surface area contributed by atoms with Gasteiger partial charge in [0.15, 0.2) is 0 Å². The number of aryl methyl sites for hydroxylation is 1. The van der Waals surface area contributed by atoms with E-state index in [1.54, 1.807) is 0 Å². The molecule has 0 aliphatic carbocycles. The van der Waals surface area contributed by atoms with E-state index in [9.17, 15) is 0 Å². The van der Waals surface area contributed by atoms with Crippen molar-refractivity contribution in [2.75, 3.05) is 36.4 Å². The molecule has 1 aliphatic heterocycles. The van der Waals surface area contributed by atoms with Crippen molar-refractivity contribution in [1.82, 2.24) is 14.9 Å². The van der Waals surface area contributed by atoms with Crippen molar-refractivity contribution in [3.05, 3.63) is 83.7 Å². The maximum atomic E-state index is 4.68. The van der Waals surface area contributed by atoms with Crippen LogP contribution in [-0.2, 0) is 13.1 Å². The molecule has 0 unspecified atom stereocenters. The van der Waals surface area contributed by atoms with Gasteiger partial charge in [0.1, 0.15) is 17.5 Å². The third-order valence-electron chi connectivity index (χ3n) is 5.09. The molecule has 0 spiro atoms. The first kappa shape index (κ1) is 18.4. The van der Waals surface area contributed by atoms with Crippen LogP contribution in [0.3, 0.4) is 0 Å². The van der Waals surface area contributed by atoms with Crippen LogP contribution in [0.1, 0.15) is 17.0 Å². The van der Waals surface area contributed by atoms with E-state index < -0.39 is 0 Å². The molecule has 5 nitrogen and oxygen atoms in total. The number of nitrogens with one attached hydrogen (secondary N) is 1. The molecule has 1 N–H and O–H groups in total. The van der Waals surface area contributed by atoms with Gasteiger partial charge in [-0.2, -0.15) is 0 Å². The Morgan fingerprint density at radius 3 is 2.14 bits per heavy atom. The Morgan fingerprint density at radius 1 is 0.821 bits per heavy atom. The molecule has 0 saturated carbocycles. The van der Waals surface area contributed by atoms with Crippen molar-refractivity contribution in [3.8, 4) is 0 Å². The minimum Gasteiger partial charge on any atom is -0.366 e. The Kier molecular flexibility index (Phi) is 5.83. The van der Waals surface area contributed by atoms with Gasteiger partial charge in [0.2, 0.25) is 0 Å². The standard InChI is InChI=1S/C23H27N5/c1-19-25-22(24-17-20-8-4-2-5-9-20)16-23(26-19)28-14-12-27(13-15-28)18-21-10-6-3-7-11-21/h2-11,16H,12-15,17-18H2,1H3,(H,24,25,26). The lowest BCUT2D eigenvalue weighted by molar-refractivity contribution is 0.249. The van der Waals surface area contributed by atoms with E-state index in [0.717, 1.165) is 56.7 Å². The summed E-state index contributed by atoms with van der Waals surface area (Å²) in [6.07, 6.45) is 0.